The van der Waals surface area contributed by atoms with E-state index in [9.17, 15) is 18.0 Å². The molecule has 0 saturated carbocycles. The molecule has 0 unspecified atom stereocenters. The smallest absolute Gasteiger partial charge is 0.340 e. The lowest BCUT2D eigenvalue weighted by atomic mass is 10.2. The van der Waals surface area contributed by atoms with Crippen molar-refractivity contribution in [3.05, 3.63) is 76.5 Å². The molecule has 0 aliphatic carbocycles. The average Bonchev–Trinajstić information content (AvgIpc) is 3.30. The van der Waals surface area contributed by atoms with Crippen LogP contribution in [0.2, 0.25) is 0 Å². The molecule has 0 aliphatic heterocycles. The van der Waals surface area contributed by atoms with Gasteiger partial charge in [0.1, 0.15) is 5.75 Å². The predicted octanol–water partition coefficient (Wildman–Crippen LogP) is 3.37. The first-order chi connectivity index (χ1) is 15.3. The number of carbonyl (C=O) groups is 2. The first kappa shape index (κ1) is 23.3. The molecule has 168 valence electrons. The molecule has 10 heteroatoms. The topological polar surface area (TPSA) is 102 Å². The Hall–Kier alpha value is -3.37. The molecule has 3 aromatic rings. The van der Waals surface area contributed by atoms with Crippen LogP contribution in [0.1, 0.15) is 15.9 Å². The molecule has 0 atom stereocenters. The zero-order valence-corrected chi connectivity index (χ0v) is 19.1. The summed E-state index contributed by atoms with van der Waals surface area (Å²) < 4.78 is 38.0. The third-order valence-electron chi connectivity index (χ3n) is 4.51. The fourth-order valence-corrected chi connectivity index (χ4v) is 4.51. The Morgan fingerprint density at radius 2 is 1.78 bits per heavy atom. The summed E-state index contributed by atoms with van der Waals surface area (Å²) in [6.45, 7) is -0.0584. The van der Waals surface area contributed by atoms with Crippen molar-refractivity contribution in [1.82, 2.24) is 4.90 Å². The van der Waals surface area contributed by atoms with E-state index in [1.165, 1.54) is 59.7 Å². The van der Waals surface area contributed by atoms with Crippen molar-refractivity contribution >= 4 is 38.9 Å². The highest BCUT2D eigenvalue weighted by Crippen LogP contribution is 2.22. The Kier molecular flexibility index (Phi) is 7.49. The van der Waals surface area contributed by atoms with Crippen LogP contribution in [0.3, 0.4) is 0 Å². The van der Waals surface area contributed by atoms with Crippen LogP contribution < -0.4 is 9.46 Å². The molecule has 0 radical (unpaired) electrons. The summed E-state index contributed by atoms with van der Waals surface area (Å²) in [7, 11) is -0.859. The van der Waals surface area contributed by atoms with E-state index in [1.807, 2.05) is 16.8 Å². The zero-order valence-electron chi connectivity index (χ0n) is 17.5. The highest BCUT2D eigenvalue weighted by Gasteiger charge is 2.21. The number of nitrogens with one attached hydrogen (secondary N) is 1. The van der Waals surface area contributed by atoms with Crippen molar-refractivity contribution < 1.29 is 27.5 Å². The lowest BCUT2D eigenvalue weighted by Gasteiger charge is -2.17. The van der Waals surface area contributed by atoms with Crippen molar-refractivity contribution in [2.24, 2.45) is 0 Å². The van der Waals surface area contributed by atoms with Crippen LogP contribution in [-0.4, -0.2) is 46.0 Å². The number of benzene rings is 2. The summed E-state index contributed by atoms with van der Waals surface area (Å²) in [5.74, 6) is -0.669. The van der Waals surface area contributed by atoms with Gasteiger partial charge >= 0.3 is 5.97 Å². The molecular weight excluding hydrogens is 452 g/mol. The van der Waals surface area contributed by atoms with Crippen LogP contribution in [-0.2, 0) is 26.1 Å². The number of esters is 1. The fourth-order valence-electron chi connectivity index (χ4n) is 2.77. The number of sulfonamides is 1. The third kappa shape index (κ3) is 5.86. The van der Waals surface area contributed by atoms with Gasteiger partial charge in [-0.05, 0) is 58.8 Å². The zero-order chi connectivity index (χ0) is 23.1. The van der Waals surface area contributed by atoms with Crippen LogP contribution in [0.25, 0.3) is 0 Å². The van der Waals surface area contributed by atoms with Gasteiger partial charge in [0.25, 0.3) is 15.9 Å². The van der Waals surface area contributed by atoms with Gasteiger partial charge in [-0.1, -0.05) is 12.1 Å². The molecule has 1 heterocycles. The van der Waals surface area contributed by atoms with Crippen molar-refractivity contribution in [2.75, 3.05) is 25.5 Å². The predicted molar refractivity (Wildman–Crippen MR) is 121 cm³/mol. The molecule has 32 heavy (non-hydrogen) atoms. The Morgan fingerprint density at radius 3 is 2.44 bits per heavy atom. The summed E-state index contributed by atoms with van der Waals surface area (Å²) in [5.41, 5.74) is 1.03. The first-order valence-electron chi connectivity index (χ1n) is 9.48. The normalized spacial score (nSPS) is 10.9. The monoisotopic (exact) mass is 474 g/mol. The molecule has 0 fully saturated rings. The summed E-state index contributed by atoms with van der Waals surface area (Å²) in [5, 5.41) is 3.85. The first-order valence-corrected chi connectivity index (χ1v) is 11.9. The summed E-state index contributed by atoms with van der Waals surface area (Å²) in [6.07, 6.45) is 0. The number of hydrogen-bond donors (Lipinski definition) is 1. The third-order valence-corrected chi connectivity index (χ3v) is 6.63. The van der Waals surface area contributed by atoms with Crippen molar-refractivity contribution in [2.45, 2.75) is 11.4 Å². The molecule has 1 aromatic heterocycles. The number of hydrogen-bond acceptors (Lipinski definition) is 7. The molecule has 8 nitrogen and oxygen atoms in total. The minimum absolute atomic E-state index is 0.00197. The number of likely N-dealkylation sites (N-methyl/N-ethyl adjacent to an activating group) is 1. The quantitative estimate of drug-likeness (QED) is 0.477. The van der Waals surface area contributed by atoms with E-state index in [2.05, 4.69) is 4.72 Å². The maximum absolute atomic E-state index is 12.7. The molecule has 2 aromatic carbocycles. The van der Waals surface area contributed by atoms with E-state index >= 15 is 0 Å². The van der Waals surface area contributed by atoms with Crippen LogP contribution in [0.4, 0.5) is 5.69 Å². The number of para-hydroxylation sites is 1. The van der Waals surface area contributed by atoms with Gasteiger partial charge in [-0.15, -0.1) is 0 Å². The Balaban J connectivity index is 1.67. The second-order valence-corrected chi connectivity index (χ2v) is 9.25. The maximum Gasteiger partial charge on any atom is 0.340 e. The molecule has 3 rings (SSSR count). The van der Waals surface area contributed by atoms with Gasteiger partial charge in [-0.2, -0.15) is 11.3 Å². The minimum Gasteiger partial charge on any atom is -0.497 e. The van der Waals surface area contributed by atoms with Crippen LogP contribution in [0.5, 0.6) is 5.75 Å². The standard InChI is InChI=1S/C22H22N2O6S2/c1-24(13-16-11-12-31-15-16)21(25)14-30-22(26)19-5-3-4-6-20(19)23-32(27,28)18-9-7-17(29-2)8-10-18/h3-12,15,23H,13-14H2,1-2H3. The van der Waals surface area contributed by atoms with E-state index in [4.69, 9.17) is 9.47 Å². The Morgan fingerprint density at radius 1 is 1.06 bits per heavy atom. The number of methoxy groups -OCH3 is 1. The molecule has 0 saturated heterocycles. The fraction of sp³-hybridized carbons (Fsp3) is 0.182. The maximum atomic E-state index is 12.7. The van der Waals surface area contributed by atoms with E-state index in [-0.39, 0.29) is 22.1 Å². The summed E-state index contributed by atoms with van der Waals surface area (Å²) in [6, 6.07) is 13.8. The number of thiophene rings is 1. The number of nitrogens with zero attached hydrogens (tertiary/aromatic N) is 1. The lowest BCUT2D eigenvalue weighted by Crippen LogP contribution is -2.30. The second kappa shape index (κ2) is 10.3. The minimum atomic E-state index is -3.96. The van der Waals surface area contributed by atoms with Crippen molar-refractivity contribution in [3.8, 4) is 5.75 Å². The highest BCUT2D eigenvalue weighted by atomic mass is 32.2. The van der Waals surface area contributed by atoms with Crippen LogP contribution in [0.15, 0.2) is 70.3 Å². The number of ether oxygens (including phenoxy) is 2. The number of carbonyl (C=O) groups excluding carboxylic acids is 2. The van der Waals surface area contributed by atoms with Crippen LogP contribution >= 0.6 is 11.3 Å². The molecule has 1 amide bonds. The molecule has 0 aliphatic rings. The number of amides is 1. The molecular formula is C22H22N2O6S2. The molecule has 0 bridgehead atoms. The molecule has 0 spiro atoms. The van der Waals surface area contributed by atoms with Crippen molar-refractivity contribution in [1.29, 1.82) is 0 Å². The van der Waals surface area contributed by atoms with Gasteiger partial charge in [0, 0.05) is 13.6 Å². The van der Waals surface area contributed by atoms with E-state index in [0.29, 0.717) is 12.3 Å². The van der Waals surface area contributed by atoms with Gasteiger partial charge in [-0.25, -0.2) is 13.2 Å². The Labute approximate surface area is 190 Å². The second-order valence-electron chi connectivity index (χ2n) is 6.78. The number of rotatable bonds is 9. The summed E-state index contributed by atoms with van der Waals surface area (Å²) in [4.78, 5) is 26.3. The van der Waals surface area contributed by atoms with Crippen LogP contribution in [0, 0.1) is 0 Å². The van der Waals surface area contributed by atoms with E-state index in [1.54, 1.807) is 19.2 Å². The SMILES string of the molecule is COc1ccc(S(=O)(=O)Nc2ccccc2C(=O)OCC(=O)N(C)Cc2ccsc2)cc1. The van der Waals surface area contributed by atoms with Gasteiger partial charge < -0.3 is 14.4 Å². The lowest BCUT2D eigenvalue weighted by molar-refractivity contribution is -0.133. The largest absolute Gasteiger partial charge is 0.497 e. The van der Waals surface area contributed by atoms with E-state index in [0.717, 1.165) is 5.56 Å². The number of anilines is 1. The van der Waals surface area contributed by atoms with Gasteiger partial charge in [0.2, 0.25) is 0 Å². The Bertz CT molecular complexity index is 1180. The average molecular weight is 475 g/mol. The van der Waals surface area contributed by atoms with E-state index < -0.39 is 22.6 Å². The summed E-state index contributed by atoms with van der Waals surface area (Å²) >= 11 is 1.53. The molecule has 1 N–H and O–H groups in total. The van der Waals surface area contributed by atoms with Gasteiger partial charge in [0.15, 0.2) is 6.61 Å². The highest BCUT2D eigenvalue weighted by molar-refractivity contribution is 7.92. The van der Waals surface area contributed by atoms with Crippen molar-refractivity contribution in [3.63, 3.8) is 0 Å². The van der Waals surface area contributed by atoms with Gasteiger partial charge in [0.05, 0.1) is 23.3 Å². The van der Waals surface area contributed by atoms with Gasteiger partial charge in [-0.3, -0.25) is 9.52 Å².